The molecule has 5 heteroatoms. The predicted octanol–water partition coefficient (Wildman–Crippen LogP) is 2.84. The molecule has 1 saturated carbocycles. The van der Waals surface area contributed by atoms with Gasteiger partial charge in [0, 0.05) is 34.8 Å². The molecule has 1 fully saturated rings. The van der Waals surface area contributed by atoms with Crippen molar-refractivity contribution in [2.24, 2.45) is 0 Å². The van der Waals surface area contributed by atoms with Crippen molar-refractivity contribution in [1.29, 1.82) is 0 Å². The van der Waals surface area contributed by atoms with Crippen molar-refractivity contribution in [1.82, 2.24) is 5.32 Å². The largest absolute Gasteiger partial charge is 0.334 e. The van der Waals surface area contributed by atoms with Crippen LogP contribution in [0.3, 0.4) is 0 Å². The summed E-state index contributed by atoms with van der Waals surface area (Å²) in [5.74, 6) is 0.670. The molecule has 1 aliphatic carbocycles. The molecule has 120 valence electrons. The minimum Gasteiger partial charge on any atom is -0.334 e. The van der Waals surface area contributed by atoms with Gasteiger partial charge in [-0.3, -0.25) is 9.11 Å². The highest BCUT2D eigenvalue weighted by Crippen LogP contribution is 2.28. The van der Waals surface area contributed by atoms with Crippen LogP contribution in [-0.2, 0) is 17.2 Å². The third-order valence-electron chi connectivity index (χ3n) is 4.77. The number of carbonyl (C=O) groups is 1. The molecule has 4 nitrogen and oxygen atoms in total. The summed E-state index contributed by atoms with van der Waals surface area (Å²) in [6.45, 7) is 2.69. The minimum atomic E-state index is -0.840. The van der Waals surface area contributed by atoms with Crippen molar-refractivity contribution in [3.8, 4) is 0 Å². The van der Waals surface area contributed by atoms with Crippen molar-refractivity contribution in [3.63, 3.8) is 0 Å². The lowest BCUT2D eigenvalue weighted by atomic mass is 9.95. The van der Waals surface area contributed by atoms with Gasteiger partial charge in [0.05, 0.1) is 5.25 Å². The third-order valence-corrected chi connectivity index (χ3v) is 6.57. The molecule has 1 aromatic carbocycles. The summed E-state index contributed by atoms with van der Waals surface area (Å²) in [6.07, 6.45) is 5.05. The Labute approximate surface area is 134 Å². The lowest BCUT2D eigenvalue weighted by Gasteiger charge is -2.32. The second-order valence-electron chi connectivity index (χ2n) is 6.08. The maximum absolute atomic E-state index is 12.6. The molecule has 2 aliphatic rings. The molecule has 22 heavy (non-hydrogen) atoms. The fraction of sp³-hybridized carbons (Fsp3) is 0.588. The molecule has 0 radical (unpaired) electrons. The van der Waals surface area contributed by atoms with Gasteiger partial charge < -0.3 is 5.32 Å². The zero-order chi connectivity index (χ0) is 15.5. The maximum atomic E-state index is 12.6. The number of hydrogen-bond donors (Lipinski definition) is 1. The average Bonchev–Trinajstić information content (AvgIpc) is 2.99. The summed E-state index contributed by atoms with van der Waals surface area (Å²) in [6, 6.07) is 8.09. The van der Waals surface area contributed by atoms with Gasteiger partial charge in [0.2, 0.25) is 0 Å². The SMILES string of the molecule is CC[S@@](=O)[C@H]1CCCC[C@@H]1NC(=O)N1CCc2ccccc21. The van der Waals surface area contributed by atoms with Crippen molar-refractivity contribution in [2.75, 3.05) is 17.2 Å². The number of nitrogens with zero attached hydrogens (tertiary/aromatic N) is 1. The van der Waals surface area contributed by atoms with Gasteiger partial charge in [0.1, 0.15) is 0 Å². The third kappa shape index (κ3) is 3.05. The summed E-state index contributed by atoms with van der Waals surface area (Å²) in [7, 11) is -0.840. The molecule has 2 amide bonds. The Kier molecular flexibility index (Phi) is 4.81. The molecular weight excluding hydrogens is 296 g/mol. The number of carbonyl (C=O) groups excluding carboxylic acids is 1. The Morgan fingerprint density at radius 2 is 2.09 bits per heavy atom. The molecule has 0 spiro atoms. The number of anilines is 1. The van der Waals surface area contributed by atoms with Gasteiger partial charge in [-0.15, -0.1) is 0 Å². The van der Waals surface area contributed by atoms with E-state index >= 15 is 0 Å². The fourth-order valence-corrected chi connectivity index (χ4v) is 5.00. The number of amides is 2. The molecule has 3 atom stereocenters. The second kappa shape index (κ2) is 6.82. The van der Waals surface area contributed by atoms with E-state index < -0.39 is 10.8 Å². The highest BCUT2D eigenvalue weighted by Gasteiger charge is 2.32. The molecule has 0 bridgehead atoms. The zero-order valence-electron chi connectivity index (χ0n) is 13.1. The quantitative estimate of drug-likeness (QED) is 0.931. The van der Waals surface area contributed by atoms with Crippen LogP contribution in [0.5, 0.6) is 0 Å². The van der Waals surface area contributed by atoms with Crippen LogP contribution in [0.2, 0.25) is 0 Å². The Morgan fingerprint density at radius 1 is 1.32 bits per heavy atom. The van der Waals surface area contributed by atoms with Gasteiger partial charge in [-0.25, -0.2) is 4.79 Å². The number of hydrogen-bond acceptors (Lipinski definition) is 2. The first-order valence-electron chi connectivity index (χ1n) is 8.24. The van der Waals surface area contributed by atoms with Crippen LogP contribution in [0, 0.1) is 0 Å². The first kappa shape index (κ1) is 15.5. The summed E-state index contributed by atoms with van der Waals surface area (Å²) in [5, 5.41) is 3.27. The van der Waals surface area contributed by atoms with Crippen molar-refractivity contribution in [2.45, 2.75) is 50.3 Å². The van der Waals surface area contributed by atoms with Crippen LogP contribution in [-0.4, -0.2) is 33.8 Å². The summed E-state index contributed by atoms with van der Waals surface area (Å²) < 4.78 is 12.2. The van der Waals surface area contributed by atoms with Crippen molar-refractivity contribution in [3.05, 3.63) is 29.8 Å². The number of nitrogens with one attached hydrogen (secondary N) is 1. The number of para-hydroxylation sites is 1. The van der Waals surface area contributed by atoms with Crippen LogP contribution >= 0.6 is 0 Å². The Bertz CT molecular complexity index is 576. The van der Waals surface area contributed by atoms with Crippen LogP contribution in [0.1, 0.15) is 38.2 Å². The van der Waals surface area contributed by atoms with E-state index in [1.807, 2.05) is 30.0 Å². The van der Waals surface area contributed by atoms with Gasteiger partial charge >= 0.3 is 6.03 Å². The second-order valence-corrected chi connectivity index (χ2v) is 8.02. The van der Waals surface area contributed by atoms with Gasteiger partial charge in [0.25, 0.3) is 0 Å². The lowest BCUT2D eigenvalue weighted by Crippen LogP contribution is -2.51. The van der Waals surface area contributed by atoms with E-state index in [4.69, 9.17) is 0 Å². The van der Waals surface area contributed by atoms with E-state index in [1.54, 1.807) is 0 Å². The first-order valence-corrected chi connectivity index (χ1v) is 9.62. The number of rotatable bonds is 3. The van der Waals surface area contributed by atoms with Crippen LogP contribution < -0.4 is 10.2 Å². The smallest absolute Gasteiger partial charge is 0.322 e. The standard InChI is InChI=1S/C17H24N2O2S/c1-2-22(21)16-10-6-4-8-14(16)18-17(20)19-12-11-13-7-3-5-9-15(13)19/h3,5,7,9,14,16H,2,4,6,8,10-12H2,1H3,(H,18,20)/t14-,16-,22+/m0/s1. The molecule has 0 unspecified atom stereocenters. The Balaban J connectivity index is 1.70. The highest BCUT2D eigenvalue weighted by atomic mass is 32.2. The van der Waals surface area contributed by atoms with Gasteiger partial charge in [-0.2, -0.15) is 0 Å². The summed E-state index contributed by atoms with van der Waals surface area (Å²) in [5.41, 5.74) is 2.25. The minimum absolute atomic E-state index is 0.0325. The maximum Gasteiger partial charge on any atom is 0.322 e. The number of urea groups is 1. The van der Waals surface area contributed by atoms with Crippen molar-refractivity contribution < 1.29 is 9.00 Å². The monoisotopic (exact) mass is 320 g/mol. The normalized spacial score (nSPS) is 25.6. The lowest BCUT2D eigenvalue weighted by molar-refractivity contribution is 0.239. The zero-order valence-corrected chi connectivity index (χ0v) is 13.9. The molecule has 1 heterocycles. The number of benzene rings is 1. The van der Waals surface area contributed by atoms with Crippen LogP contribution in [0.4, 0.5) is 10.5 Å². The van der Waals surface area contributed by atoms with Gasteiger partial charge in [-0.05, 0) is 30.9 Å². The first-order chi connectivity index (χ1) is 10.7. The van der Waals surface area contributed by atoms with E-state index in [-0.39, 0.29) is 17.3 Å². The molecule has 1 aliphatic heterocycles. The molecule has 1 N–H and O–H groups in total. The molecule has 0 saturated heterocycles. The van der Waals surface area contributed by atoms with E-state index in [0.29, 0.717) is 5.75 Å². The van der Waals surface area contributed by atoms with Gasteiger partial charge in [0.15, 0.2) is 0 Å². The van der Waals surface area contributed by atoms with Crippen molar-refractivity contribution >= 4 is 22.5 Å². The van der Waals surface area contributed by atoms with Gasteiger partial charge in [-0.1, -0.05) is 38.0 Å². The Hall–Kier alpha value is -1.36. The number of fused-ring (bicyclic) bond motifs is 1. The average molecular weight is 320 g/mol. The Morgan fingerprint density at radius 3 is 2.91 bits per heavy atom. The van der Waals surface area contributed by atoms with E-state index in [9.17, 15) is 9.00 Å². The van der Waals surface area contributed by atoms with E-state index in [1.165, 1.54) is 5.56 Å². The topological polar surface area (TPSA) is 49.4 Å². The van der Waals surface area contributed by atoms with E-state index in [2.05, 4.69) is 11.4 Å². The summed E-state index contributed by atoms with van der Waals surface area (Å²) in [4.78, 5) is 14.5. The highest BCUT2D eigenvalue weighted by molar-refractivity contribution is 7.85. The van der Waals surface area contributed by atoms with Crippen LogP contribution in [0.15, 0.2) is 24.3 Å². The summed E-state index contributed by atoms with van der Waals surface area (Å²) >= 11 is 0. The van der Waals surface area contributed by atoms with E-state index in [0.717, 1.165) is 44.3 Å². The molecule has 3 rings (SSSR count). The molecular formula is C17H24N2O2S. The fourth-order valence-electron chi connectivity index (χ4n) is 3.58. The van der Waals surface area contributed by atoms with Crippen LogP contribution in [0.25, 0.3) is 0 Å². The molecule has 1 aromatic rings. The predicted molar refractivity (Wildman–Crippen MR) is 90.8 cm³/mol. The molecule has 0 aromatic heterocycles.